The summed E-state index contributed by atoms with van der Waals surface area (Å²) in [5.41, 5.74) is 0. The molecule has 21 heavy (non-hydrogen) atoms. The first-order chi connectivity index (χ1) is 10.0. The third kappa shape index (κ3) is 3.51. The van der Waals surface area contributed by atoms with Gasteiger partial charge in [-0.1, -0.05) is 18.2 Å². The van der Waals surface area contributed by atoms with Crippen molar-refractivity contribution in [3.63, 3.8) is 0 Å². The van der Waals surface area contributed by atoms with Gasteiger partial charge in [-0.05, 0) is 19.1 Å². The van der Waals surface area contributed by atoms with E-state index in [9.17, 15) is 20.1 Å². The maximum Gasteiger partial charge on any atom is 0.338 e. The molecule has 2 rings (SSSR count). The number of carbonyl (C=O) groups excluding carboxylic acids is 1. The summed E-state index contributed by atoms with van der Waals surface area (Å²) in [5.74, 6) is -0.426. The van der Waals surface area contributed by atoms with Gasteiger partial charge in [0.15, 0.2) is 6.10 Å². The van der Waals surface area contributed by atoms with Crippen molar-refractivity contribution in [2.24, 2.45) is 0 Å². The molecule has 1 saturated heterocycles. The van der Waals surface area contributed by atoms with E-state index in [-0.39, 0.29) is 6.61 Å². The Morgan fingerprint density at radius 1 is 1.14 bits per heavy atom. The van der Waals surface area contributed by atoms with Gasteiger partial charge in [0.2, 0.25) is 6.29 Å². The number of para-hydroxylation sites is 1. The van der Waals surface area contributed by atoms with Gasteiger partial charge in [0.05, 0.1) is 6.61 Å². The van der Waals surface area contributed by atoms with E-state index in [1.807, 2.05) is 0 Å². The first kappa shape index (κ1) is 15.7. The number of hydrogen-bond acceptors (Lipinski definition) is 7. The second kappa shape index (κ2) is 6.86. The highest BCUT2D eigenvalue weighted by Gasteiger charge is 2.48. The lowest BCUT2D eigenvalue weighted by Gasteiger charge is -2.38. The van der Waals surface area contributed by atoms with Crippen LogP contribution < -0.4 is 4.74 Å². The number of aliphatic hydroxyl groups excluding tert-OH is 3. The topological polar surface area (TPSA) is 105 Å². The maximum absolute atomic E-state index is 11.7. The second-order valence-corrected chi connectivity index (χ2v) is 4.58. The normalized spacial score (nSPS) is 32.5. The average molecular weight is 298 g/mol. The van der Waals surface area contributed by atoms with Crippen molar-refractivity contribution in [2.45, 2.75) is 37.6 Å². The Morgan fingerprint density at radius 3 is 2.43 bits per heavy atom. The minimum absolute atomic E-state index is 0.105. The molecule has 116 valence electrons. The van der Waals surface area contributed by atoms with Crippen molar-refractivity contribution >= 4 is 5.97 Å². The standard InChI is InChI=1S/C14H18O7/c1-2-19-13(18)12-10(16)9(15)11(17)14(21-12)20-8-6-4-3-5-7-8/h3-7,9-12,14-17H,2H2,1H3/t9-,10+,11+,12-,14+/m0/s1. The summed E-state index contributed by atoms with van der Waals surface area (Å²) in [6, 6.07) is 8.49. The summed E-state index contributed by atoms with van der Waals surface area (Å²) in [6.45, 7) is 1.71. The van der Waals surface area contributed by atoms with E-state index < -0.39 is 36.7 Å². The highest BCUT2D eigenvalue weighted by molar-refractivity contribution is 5.75. The smallest absolute Gasteiger partial charge is 0.338 e. The molecule has 0 radical (unpaired) electrons. The van der Waals surface area contributed by atoms with Crippen LogP contribution in [0.5, 0.6) is 5.75 Å². The van der Waals surface area contributed by atoms with Gasteiger partial charge in [0.1, 0.15) is 24.1 Å². The molecule has 0 aliphatic carbocycles. The van der Waals surface area contributed by atoms with Gasteiger partial charge in [-0.2, -0.15) is 0 Å². The molecule has 1 aliphatic heterocycles. The minimum atomic E-state index is -1.59. The molecule has 0 saturated carbocycles. The first-order valence-electron chi connectivity index (χ1n) is 6.62. The fourth-order valence-electron chi connectivity index (χ4n) is 2.00. The number of hydrogen-bond donors (Lipinski definition) is 3. The zero-order valence-electron chi connectivity index (χ0n) is 11.5. The van der Waals surface area contributed by atoms with Gasteiger partial charge in [0, 0.05) is 0 Å². The number of rotatable bonds is 4. The molecule has 1 aromatic rings. The fourth-order valence-corrected chi connectivity index (χ4v) is 2.00. The Bertz CT molecular complexity index is 464. The minimum Gasteiger partial charge on any atom is -0.464 e. The molecule has 1 fully saturated rings. The van der Waals surface area contributed by atoms with Crippen molar-refractivity contribution in [3.8, 4) is 5.75 Å². The fraction of sp³-hybridized carbons (Fsp3) is 0.500. The van der Waals surface area contributed by atoms with E-state index in [2.05, 4.69) is 0 Å². The monoisotopic (exact) mass is 298 g/mol. The lowest BCUT2D eigenvalue weighted by Crippen LogP contribution is -2.61. The molecular formula is C14H18O7. The summed E-state index contributed by atoms with van der Waals surface area (Å²) in [4.78, 5) is 11.7. The largest absolute Gasteiger partial charge is 0.464 e. The van der Waals surface area contributed by atoms with Crippen LogP contribution >= 0.6 is 0 Å². The molecule has 5 atom stereocenters. The van der Waals surface area contributed by atoms with Crippen LogP contribution in [0.4, 0.5) is 0 Å². The van der Waals surface area contributed by atoms with E-state index in [1.165, 1.54) is 0 Å². The predicted octanol–water partition coefficient (Wildman–Crippen LogP) is -0.564. The summed E-state index contributed by atoms with van der Waals surface area (Å²) in [6.07, 6.45) is -7.38. The highest BCUT2D eigenvalue weighted by Crippen LogP contribution is 2.24. The Labute approximate surface area is 121 Å². The quantitative estimate of drug-likeness (QED) is 0.640. The molecule has 0 bridgehead atoms. The van der Waals surface area contributed by atoms with E-state index in [0.717, 1.165) is 0 Å². The highest BCUT2D eigenvalue weighted by atomic mass is 16.7. The van der Waals surface area contributed by atoms with Gasteiger partial charge in [-0.25, -0.2) is 4.79 Å². The van der Waals surface area contributed by atoms with Gasteiger partial charge in [-0.15, -0.1) is 0 Å². The molecule has 0 spiro atoms. The average Bonchev–Trinajstić information content (AvgIpc) is 2.49. The van der Waals surface area contributed by atoms with Crippen LogP contribution in [0.2, 0.25) is 0 Å². The summed E-state index contributed by atoms with van der Waals surface area (Å²) < 4.78 is 15.4. The lowest BCUT2D eigenvalue weighted by molar-refractivity contribution is -0.272. The SMILES string of the molecule is CCOC(=O)[C@H]1O[C@@H](Oc2ccccc2)[C@H](O)[C@@H](O)[C@H]1O. The van der Waals surface area contributed by atoms with Crippen LogP contribution in [0.1, 0.15) is 6.92 Å². The lowest BCUT2D eigenvalue weighted by atomic mass is 9.99. The van der Waals surface area contributed by atoms with Gasteiger partial charge in [0.25, 0.3) is 0 Å². The zero-order valence-corrected chi connectivity index (χ0v) is 11.5. The Morgan fingerprint density at radius 2 is 1.81 bits per heavy atom. The first-order valence-corrected chi connectivity index (χ1v) is 6.62. The Balaban J connectivity index is 2.11. The third-order valence-corrected chi connectivity index (χ3v) is 3.08. The summed E-state index contributed by atoms with van der Waals surface area (Å²) in [5, 5.41) is 29.5. The van der Waals surface area contributed by atoms with Crippen LogP contribution in [0.25, 0.3) is 0 Å². The maximum atomic E-state index is 11.7. The van der Waals surface area contributed by atoms with Gasteiger partial charge < -0.3 is 29.5 Å². The molecule has 7 heteroatoms. The van der Waals surface area contributed by atoms with Crippen molar-refractivity contribution in [1.82, 2.24) is 0 Å². The van der Waals surface area contributed by atoms with Crippen LogP contribution in [0.15, 0.2) is 30.3 Å². The summed E-state index contributed by atoms with van der Waals surface area (Å²) in [7, 11) is 0. The molecule has 7 nitrogen and oxygen atoms in total. The van der Waals surface area contributed by atoms with Crippen LogP contribution in [0.3, 0.4) is 0 Å². The number of aliphatic hydroxyl groups is 3. The van der Waals surface area contributed by atoms with Crippen molar-refractivity contribution in [3.05, 3.63) is 30.3 Å². The Kier molecular flexibility index (Phi) is 5.13. The van der Waals surface area contributed by atoms with Gasteiger partial charge >= 0.3 is 5.97 Å². The molecule has 3 N–H and O–H groups in total. The number of ether oxygens (including phenoxy) is 3. The second-order valence-electron chi connectivity index (χ2n) is 4.58. The number of benzene rings is 1. The van der Waals surface area contributed by atoms with E-state index in [4.69, 9.17) is 14.2 Å². The Hall–Kier alpha value is -1.67. The van der Waals surface area contributed by atoms with Crippen LogP contribution in [-0.2, 0) is 14.3 Å². The van der Waals surface area contributed by atoms with Crippen LogP contribution in [0, 0.1) is 0 Å². The van der Waals surface area contributed by atoms with Gasteiger partial charge in [-0.3, -0.25) is 0 Å². The molecule has 0 aromatic heterocycles. The third-order valence-electron chi connectivity index (χ3n) is 3.08. The van der Waals surface area contributed by atoms with E-state index in [0.29, 0.717) is 5.75 Å². The molecule has 1 aliphatic rings. The summed E-state index contributed by atoms with van der Waals surface area (Å²) >= 11 is 0. The predicted molar refractivity (Wildman–Crippen MR) is 70.4 cm³/mol. The van der Waals surface area contributed by atoms with E-state index >= 15 is 0 Å². The van der Waals surface area contributed by atoms with Crippen molar-refractivity contribution < 1.29 is 34.3 Å². The number of esters is 1. The molecule has 0 amide bonds. The van der Waals surface area contributed by atoms with Crippen molar-refractivity contribution in [2.75, 3.05) is 6.61 Å². The van der Waals surface area contributed by atoms with Crippen molar-refractivity contribution in [1.29, 1.82) is 0 Å². The molecular weight excluding hydrogens is 280 g/mol. The number of carbonyl (C=O) groups is 1. The molecule has 0 unspecified atom stereocenters. The zero-order chi connectivity index (χ0) is 15.4. The molecule has 1 aromatic carbocycles. The van der Waals surface area contributed by atoms with E-state index in [1.54, 1.807) is 37.3 Å². The van der Waals surface area contributed by atoms with Crippen LogP contribution in [-0.4, -0.2) is 58.6 Å². The molecule has 1 heterocycles.